The minimum absolute atomic E-state index is 0.245. The van der Waals surface area contributed by atoms with E-state index in [-0.39, 0.29) is 12.4 Å². The molecular formula is C12H12N2O2. The summed E-state index contributed by atoms with van der Waals surface area (Å²) < 4.78 is 6.50. The second-order valence-electron chi connectivity index (χ2n) is 3.29. The average Bonchev–Trinajstić information content (AvgIpc) is 2.73. The van der Waals surface area contributed by atoms with E-state index >= 15 is 0 Å². The van der Waals surface area contributed by atoms with Crippen LogP contribution in [0, 0.1) is 0 Å². The van der Waals surface area contributed by atoms with Gasteiger partial charge in [-0.15, -0.1) is 0 Å². The normalized spacial score (nSPS) is 11.1. The third-order valence-corrected chi connectivity index (χ3v) is 2.25. The fourth-order valence-electron chi connectivity index (χ4n) is 1.43. The highest BCUT2D eigenvalue weighted by atomic mass is 16.5. The lowest BCUT2D eigenvalue weighted by molar-refractivity contribution is -0.139. The average molecular weight is 216 g/mol. The molecule has 0 aliphatic rings. The third-order valence-electron chi connectivity index (χ3n) is 2.25. The molecule has 2 aromatic heterocycles. The van der Waals surface area contributed by atoms with Crippen molar-refractivity contribution in [2.75, 3.05) is 7.11 Å². The van der Waals surface area contributed by atoms with Crippen molar-refractivity contribution in [3.05, 3.63) is 42.4 Å². The molecule has 0 bridgehead atoms. The van der Waals surface area contributed by atoms with E-state index in [1.54, 1.807) is 12.3 Å². The number of fused-ring (bicyclic) bond motifs is 1. The van der Waals surface area contributed by atoms with Gasteiger partial charge in [-0.05, 0) is 18.2 Å². The molecule has 0 N–H and O–H groups in total. The van der Waals surface area contributed by atoms with E-state index in [1.807, 2.05) is 34.9 Å². The zero-order valence-electron chi connectivity index (χ0n) is 8.96. The summed E-state index contributed by atoms with van der Waals surface area (Å²) in [6.45, 7) is 0. The van der Waals surface area contributed by atoms with Crippen LogP contribution < -0.4 is 0 Å². The molecule has 0 radical (unpaired) electrons. The molecule has 2 heterocycles. The molecule has 0 aliphatic heterocycles. The van der Waals surface area contributed by atoms with Gasteiger partial charge < -0.3 is 9.14 Å². The number of hydrogen-bond acceptors (Lipinski definition) is 3. The van der Waals surface area contributed by atoms with Crippen LogP contribution in [0.1, 0.15) is 12.1 Å². The van der Waals surface area contributed by atoms with Crippen molar-refractivity contribution in [3.63, 3.8) is 0 Å². The van der Waals surface area contributed by atoms with E-state index in [0.717, 1.165) is 11.3 Å². The molecule has 0 spiro atoms. The Hall–Kier alpha value is -2.10. The van der Waals surface area contributed by atoms with Crippen molar-refractivity contribution in [2.24, 2.45) is 0 Å². The standard InChI is InChI=1S/C12H12N2O2/c1-16-12(15)7-4-5-10-9-13-11-6-2-3-8-14(10)11/h2-6,8-9H,7H2,1H3. The summed E-state index contributed by atoms with van der Waals surface area (Å²) in [4.78, 5) is 15.1. The minimum atomic E-state index is -0.245. The number of carbonyl (C=O) groups excluding carboxylic acids is 1. The first kappa shape index (κ1) is 10.4. The van der Waals surface area contributed by atoms with Gasteiger partial charge in [0.05, 0.1) is 25.4 Å². The Morgan fingerprint density at radius 2 is 2.44 bits per heavy atom. The van der Waals surface area contributed by atoms with Crippen LogP contribution in [0.5, 0.6) is 0 Å². The smallest absolute Gasteiger partial charge is 0.309 e. The van der Waals surface area contributed by atoms with Gasteiger partial charge in [0.1, 0.15) is 5.65 Å². The maximum Gasteiger partial charge on any atom is 0.309 e. The van der Waals surface area contributed by atoms with Gasteiger partial charge in [0, 0.05) is 6.20 Å². The maximum absolute atomic E-state index is 10.9. The quantitative estimate of drug-likeness (QED) is 0.736. The van der Waals surface area contributed by atoms with Crippen molar-refractivity contribution in [1.82, 2.24) is 9.38 Å². The van der Waals surface area contributed by atoms with Gasteiger partial charge in [-0.2, -0.15) is 0 Å². The third kappa shape index (κ3) is 2.11. The Kier molecular flexibility index (Phi) is 3.00. The molecule has 4 heteroatoms. The van der Waals surface area contributed by atoms with Gasteiger partial charge in [-0.1, -0.05) is 12.1 Å². The highest BCUT2D eigenvalue weighted by molar-refractivity contribution is 5.72. The fourth-order valence-corrected chi connectivity index (χ4v) is 1.43. The lowest BCUT2D eigenvalue weighted by Gasteiger charge is -1.95. The number of aromatic nitrogens is 2. The van der Waals surface area contributed by atoms with Crippen LogP contribution in [0.25, 0.3) is 11.7 Å². The van der Waals surface area contributed by atoms with Gasteiger partial charge in [-0.25, -0.2) is 4.98 Å². The Labute approximate surface area is 93.2 Å². The SMILES string of the molecule is COC(=O)CC=Cc1cnc2ccccn12. The van der Waals surface area contributed by atoms with E-state index in [4.69, 9.17) is 0 Å². The summed E-state index contributed by atoms with van der Waals surface area (Å²) >= 11 is 0. The molecule has 0 saturated carbocycles. The number of pyridine rings is 1. The molecule has 0 fully saturated rings. The fraction of sp³-hybridized carbons (Fsp3) is 0.167. The van der Waals surface area contributed by atoms with Crippen LogP contribution in [-0.4, -0.2) is 22.5 Å². The van der Waals surface area contributed by atoms with Crippen LogP contribution in [0.4, 0.5) is 0 Å². The van der Waals surface area contributed by atoms with Crippen LogP contribution in [0.3, 0.4) is 0 Å². The van der Waals surface area contributed by atoms with Crippen LogP contribution >= 0.6 is 0 Å². The number of methoxy groups -OCH3 is 1. The molecule has 0 aliphatic carbocycles. The van der Waals surface area contributed by atoms with Crippen molar-refractivity contribution < 1.29 is 9.53 Å². The van der Waals surface area contributed by atoms with Crippen molar-refractivity contribution in [3.8, 4) is 0 Å². The number of carbonyl (C=O) groups is 1. The number of nitrogens with zero attached hydrogens (tertiary/aromatic N) is 2. The lowest BCUT2D eigenvalue weighted by Crippen LogP contribution is -1.96. The Balaban J connectivity index is 2.18. The summed E-state index contributed by atoms with van der Waals surface area (Å²) in [5.74, 6) is -0.245. The van der Waals surface area contributed by atoms with E-state index in [0.29, 0.717) is 0 Å². The molecule has 4 nitrogen and oxygen atoms in total. The molecule has 0 unspecified atom stereocenters. The summed E-state index contributed by atoms with van der Waals surface area (Å²) in [6.07, 6.45) is 7.60. The van der Waals surface area contributed by atoms with Gasteiger partial charge in [0.2, 0.25) is 0 Å². The van der Waals surface area contributed by atoms with Crippen molar-refractivity contribution in [1.29, 1.82) is 0 Å². The van der Waals surface area contributed by atoms with Gasteiger partial charge in [0.15, 0.2) is 0 Å². The topological polar surface area (TPSA) is 43.6 Å². The lowest BCUT2D eigenvalue weighted by atomic mass is 10.3. The zero-order chi connectivity index (χ0) is 11.4. The molecule has 0 saturated heterocycles. The Morgan fingerprint density at radius 1 is 1.56 bits per heavy atom. The molecule has 82 valence electrons. The largest absolute Gasteiger partial charge is 0.469 e. The molecule has 0 atom stereocenters. The molecule has 2 aromatic rings. The number of hydrogen-bond donors (Lipinski definition) is 0. The highest BCUT2D eigenvalue weighted by Crippen LogP contribution is 2.07. The van der Waals surface area contributed by atoms with E-state index in [9.17, 15) is 4.79 Å². The summed E-state index contributed by atoms with van der Waals surface area (Å²) in [6, 6.07) is 5.80. The van der Waals surface area contributed by atoms with Crippen molar-refractivity contribution in [2.45, 2.75) is 6.42 Å². The summed E-state index contributed by atoms with van der Waals surface area (Å²) in [7, 11) is 1.38. The molecule has 2 rings (SSSR count). The van der Waals surface area contributed by atoms with Gasteiger partial charge in [-0.3, -0.25) is 4.79 Å². The van der Waals surface area contributed by atoms with Gasteiger partial charge in [0.25, 0.3) is 0 Å². The predicted octanol–water partition coefficient (Wildman–Crippen LogP) is 1.91. The van der Waals surface area contributed by atoms with Crippen molar-refractivity contribution >= 4 is 17.7 Å². The second kappa shape index (κ2) is 4.61. The molecule has 0 amide bonds. The number of rotatable bonds is 3. The first-order valence-corrected chi connectivity index (χ1v) is 4.96. The van der Waals surface area contributed by atoms with Crippen LogP contribution in [0.2, 0.25) is 0 Å². The summed E-state index contributed by atoms with van der Waals surface area (Å²) in [5, 5.41) is 0. The zero-order valence-corrected chi connectivity index (χ0v) is 8.96. The van der Waals surface area contributed by atoms with Crippen LogP contribution in [-0.2, 0) is 9.53 Å². The second-order valence-corrected chi connectivity index (χ2v) is 3.29. The molecule has 0 aromatic carbocycles. The van der Waals surface area contributed by atoms with E-state index in [2.05, 4.69) is 9.72 Å². The minimum Gasteiger partial charge on any atom is -0.469 e. The van der Waals surface area contributed by atoms with Gasteiger partial charge >= 0.3 is 5.97 Å². The first-order valence-electron chi connectivity index (χ1n) is 4.96. The maximum atomic E-state index is 10.9. The first-order chi connectivity index (χ1) is 7.81. The molecule has 16 heavy (non-hydrogen) atoms. The number of esters is 1. The number of imidazole rings is 1. The van der Waals surface area contributed by atoms with Crippen LogP contribution in [0.15, 0.2) is 36.7 Å². The Bertz CT molecular complexity index is 529. The van der Waals surface area contributed by atoms with E-state index < -0.39 is 0 Å². The van der Waals surface area contributed by atoms with E-state index in [1.165, 1.54) is 7.11 Å². The molecular weight excluding hydrogens is 204 g/mol. The number of ether oxygens (including phenoxy) is 1. The summed E-state index contributed by atoms with van der Waals surface area (Å²) in [5.41, 5.74) is 1.83. The Morgan fingerprint density at radius 3 is 3.25 bits per heavy atom. The highest BCUT2D eigenvalue weighted by Gasteiger charge is 1.99. The monoisotopic (exact) mass is 216 g/mol. The predicted molar refractivity (Wildman–Crippen MR) is 60.9 cm³/mol.